The Hall–Kier alpha value is -4.30. The first kappa shape index (κ1) is 29.7. The van der Waals surface area contributed by atoms with E-state index in [0.29, 0.717) is 61.2 Å². The molecule has 3 aromatic rings. The molecule has 0 spiro atoms. The van der Waals surface area contributed by atoms with Crippen LogP contribution in [0.15, 0.2) is 48.7 Å². The van der Waals surface area contributed by atoms with Crippen LogP contribution in [0.1, 0.15) is 22.8 Å². The number of nitrogen functional groups attached to an aromatic ring is 1. The highest BCUT2D eigenvalue weighted by Gasteiger charge is 2.21. The van der Waals surface area contributed by atoms with Gasteiger partial charge in [0.2, 0.25) is 0 Å². The largest absolute Gasteiger partial charge is 0.384 e. The highest BCUT2D eigenvalue weighted by molar-refractivity contribution is 7.91. The van der Waals surface area contributed by atoms with Crippen molar-refractivity contribution in [2.45, 2.75) is 13.5 Å². The van der Waals surface area contributed by atoms with Gasteiger partial charge in [-0.05, 0) is 42.8 Å². The summed E-state index contributed by atoms with van der Waals surface area (Å²) in [6, 6.07) is 10.3. The molecule has 0 aliphatic carbocycles. The lowest BCUT2D eigenvalue weighted by Gasteiger charge is -2.26. The molecule has 0 radical (unpaired) electrons. The standard InChI is InChI=1S/C27H33FN8O4S/c1-2-30-25-20(26(37)31-9-10-36-11-13-41(39,40)14-12-36)5-7-22(34-25)19-4-6-23(21(28)15-19)35-27(38)33-17-18-3-8-24(29)32-16-18/h3-8,15-16H,2,9-14,17H2,1H3,(H2,29,32)(H,30,34)(H,31,37)(H2,33,35,38). The molecule has 12 nitrogen and oxygen atoms in total. The maximum atomic E-state index is 14.9. The Balaban J connectivity index is 1.36. The number of rotatable bonds is 10. The molecule has 1 saturated heterocycles. The topological polar surface area (TPSA) is 171 Å². The first-order valence-corrected chi connectivity index (χ1v) is 15.0. The van der Waals surface area contributed by atoms with Crippen molar-refractivity contribution in [2.24, 2.45) is 0 Å². The van der Waals surface area contributed by atoms with Gasteiger partial charge in [0, 0.05) is 51.0 Å². The van der Waals surface area contributed by atoms with Crippen LogP contribution in [0, 0.1) is 5.82 Å². The molecule has 1 aromatic carbocycles. The molecule has 1 fully saturated rings. The van der Waals surface area contributed by atoms with Crippen molar-refractivity contribution in [1.82, 2.24) is 25.5 Å². The third-order valence-electron chi connectivity index (χ3n) is 6.45. The van der Waals surface area contributed by atoms with Crippen LogP contribution in [0.2, 0.25) is 0 Å². The molecule has 41 heavy (non-hydrogen) atoms. The second-order valence-electron chi connectivity index (χ2n) is 9.47. The molecule has 0 unspecified atom stereocenters. The van der Waals surface area contributed by atoms with Gasteiger partial charge in [0.1, 0.15) is 17.5 Å². The number of hydrogen-bond acceptors (Lipinski definition) is 9. The molecule has 0 atom stereocenters. The van der Waals surface area contributed by atoms with E-state index >= 15 is 0 Å². The van der Waals surface area contributed by atoms with Crippen molar-refractivity contribution in [3.8, 4) is 11.3 Å². The molecule has 3 amide bonds. The number of urea groups is 1. The molecule has 0 saturated carbocycles. The molecule has 0 bridgehead atoms. The average molecular weight is 585 g/mol. The number of sulfone groups is 1. The molecule has 3 heterocycles. The zero-order chi connectivity index (χ0) is 29.4. The van der Waals surface area contributed by atoms with Crippen molar-refractivity contribution in [3.63, 3.8) is 0 Å². The fourth-order valence-corrected chi connectivity index (χ4v) is 5.44. The number of carbonyl (C=O) groups is 2. The number of anilines is 3. The summed E-state index contributed by atoms with van der Waals surface area (Å²) in [4.78, 5) is 35.6. The van der Waals surface area contributed by atoms with Gasteiger partial charge < -0.3 is 27.0 Å². The first-order chi connectivity index (χ1) is 19.6. The van der Waals surface area contributed by atoms with Gasteiger partial charge in [0.15, 0.2) is 9.84 Å². The van der Waals surface area contributed by atoms with Gasteiger partial charge in [-0.1, -0.05) is 12.1 Å². The number of amides is 3. The smallest absolute Gasteiger partial charge is 0.319 e. The van der Waals surface area contributed by atoms with Crippen LogP contribution < -0.4 is 27.0 Å². The minimum absolute atomic E-state index is 0.00381. The quantitative estimate of drug-likeness (QED) is 0.239. The zero-order valence-corrected chi connectivity index (χ0v) is 23.4. The summed E-state index contributed by atoms with van der Waals surface area (Å²) in [7, 11) is -2.96. The molecule has 6 N–H and O–H groups in total. The van der Waals surface area contributed by atoms with Gasteiger partial charge in [-0.3, -0.25) is 9.69 Å². The Morgan fingerprint density at radius 1 is 1.07 bits per heavy atom. The summed E-state index contributed by atoms with van der Waals surface area (Å²) >= 11 is 0. The SMILES string of the molecule is CCNc1nc(-c2ccc(NC(=O)NCc3ccc(N)nc3)c(F)c2)ccc1C(=O)NCCN1CCS(=O)(=O)CC1. The van der Waals surface area contributed by atoms with Crippen molar-refractivity contribution in [3.05, 3.63) is 65.6 Å². The van der Waals surface area contributed by atoms with Gasteiger partial charge in [-0.15, -0.1) is 0 Å². The van der Waals surface area contributed by atoms with Crippen molar-refractivity contribution in [2.75, 3.05) is 60.6 Å². The van der Waals surface area contributed by atoms with E-state index in [0.717, 1.165) is 5.56 Å². The van der Waals surface area contributed by atoms with Crippen LogP contribution in [-0.2, 0) is 16.4 Å². The van der Waals surface area contributed by atoms with Crippen LogP contribution >= 0.6 is 0 Å². The molecule has 4 rings (SSSR count). The summed E-state index contributed by atoms with van der Waals surface area (Å²) < 4.78 is 38.1. The van der Waals surface area contributed by atoms with E-state index in [1.165, 1.54) is 12.1 Å². The van der Waals surface area contributed by atoms with Crippen molar-refractivity contribution in [1.29, 1.82) is 0 Å². The number of benzene rings is 1. The third kappa shape index (κ3) is 8.35. The molecule has 1 aliphatic heterocycles. The van der Waals surface area contributed by atoms with Crippen LogP contribution in [-0.4, -0.2) is 79.5 Å². The fraction of sp³-hybridized carbons (Fsp3) is 0.333. The van der Waals surface area contributed by atoms with Gasteiger partial charge in [-0.2, -0.15) is 0 Å². The summed E-state index contributed by atoms with van der Waals surface area (Å²) in [6.07, 6.45) is 1.54. The number of aromatic nitrogens is 2. The fourth-order valence-electron chi connectivity index (χ4n) is 4.17. The summed E-state index contributed by atoms with van der Waals surface area (Å²) in [5.41, 5.74) is 7.53. The minimum Gasteiger partial charge on any atom is -0.384 e. The van der Waals surface area contributed by atoms with Gasteiger partial charge in [0.25, 0.3) is 5.91 Å². The van der Waals surface area contributed by atoms with Crippen LogP contribution in [0.5, 0.6) is 0 Å². The van der Waals surface area contributed by atoms with E-state index in [-0.39, 0.29) is 29.6 Å². The Labute approximate surface area is 237 Å². The molecular weight excluding hydrogens is 551 g/mol. The Kier molecular flexibility index (Phi) is 9.68. The van der Waals surface area contributed by atoms with Gasteiger partial charge in [-0.25, -0.2) is 27.6 Å². The van der Waals surface area contributed by atoms with E-state index in [2.05, 4.69) is 31.2 Å². The predicted octanol–water partition coefficient (Wildman–Crippen LogP) is 2.08. The number of nitrogens with one attached hydrogen (secondary N) is 4. The Morgan fingerprint density at radius 3 is 2.54 bits per heavy atom. The number of nitrogens with zero attached hydrogens (tertiary/aromatic N) is 3. The van der Waals surface area contributed by atoms with Crippen molar-refractivity contribution < 1.29 is 22.4 Å². The van der Waals surface area contributed by atoms with Crippen molar-refractivity contribution >= 4 is 39.1 Å². The molecule has 2 aromatic heterocycles. The van der Waals surface area contributed by atoms with Crippen LogP contribution in [0.3, 0.4) is 0 Å². The number of halogens is 1. The zero-order valence-electron chi connectivity index (χ0n) is 22.6. The van der Waals surface area contributed by atoms with E-state index < -0.39 is 21.7 Å². The van der Waals surface area contributed by atoms with Crippen LogP contribution in [0.25, 0.3) is 11.3 Å². The second kappa shape index (κ2) is 13.4. The minimum atomic E-state index is -2.96. The lowest BCUT2D eigenvalue weighted by atomic mass is 10.1. The maximum Gasteiger partial charge on any atom is 0.319 e. The highest BCUT2D eigenvalue weighted by Crippen LogP contribution is 2.26. The van der Waals surface area contributed by atoms with E-state index in [1.54, 1.807) is 36.5 Å². The summed E-state index contributed by atoms with van der Waals surface area (Å²) in [5, 5.41) is 11.1. The summed E-state index contributed by atoms with van der Waals surface area (Å²) in [5.74, 6) is 0.0120. The second-order valence-corrected chi connectivity index (χ2v) is 11.8. The third-order valence-corrected chi connectivity index (χ3v) is 8.06. The number of nitrogens with two attached hydrogens (primary N) is 1. The molecular formula is C27H33FN8O4S. The predicted molar refractivity (Wildman–Crippen MR) is 156 cm³/mol. The first-order valence-electron chi connectivity index (χ1n) is 13.1. The maximum absolute atomic E-state index is 14.9. The van der Waals surface area contributed by atoms with Crippen LogP contribution in [0.4, 0.5) is 26.5 Å². The Morgan fingerprint density at radius 2 is 1.85 bits per heavy atom. The normalized spacial score (nSPS) is 14.7. The number of hydrogen-bond donors (Lipinski definition) is 5. The molecule has 218 valence electrons. The van der Waals surface area contributed by atoms with E-state index in [1.807, 2.05) is 11.8 Å². The van der Waals surface area contributed by atoms with Gasteiger partial charge >= 0.3 is 6.03 Å². The number of carbonyl (C=O) groups excluding carboxylic acids is 2. The van der Waals surface area contributed by atoms with E-state index in [9.17, 15) is 22.4 Å². The molecule has 14 heteroatoms. The lowest BCUT2D eigenvalue weighted by Crippen LogP contribution is -2.43. The van der Waals surface area contributed by atoms with E-state index in [4.69, 9.17) is 5.73 Å². The molecule has 1 aliphatic rings. The lowest BCUT2D eigenvalue weighted by molar-refractivity contribution is 0.0949. The monoisotopic (exact) mass is 584 g/mol. The summed E-state index contributed by atoms with van der Waals surface area (Å²) in [6.45, 7) is 4.38. The highest BCUT2D eigenvalue weighted by atomic mass is 32.2. The average Bonchev–Trinajstić information content (AvgIpc) is 2.95. The van der Waals surface area contributed by atoms with Gasteiger partial charge in [0.05, 0.1) is 28.5 Å². The Bertz CT molecular complexity index is 1490. The number of pyridine rings is 2.